The summed E-state index contributed by atoms with van der Waals surface area (Å²) < 4.78 is 17.5. The summed E-state index contributed by atoms with van der Waals surface area (Å²) in [6, 6.07) is 4.46. The van der Waals surface area contributed by atoms with Crippen molar-refractivity contribution in [2.75, 3.05) is 7.05 Å². The molecule has 0 bridgehead atoms. The zero-order valence-corrected chi connectivity index (χ0v) is 12.6. The highest BCUT2D eigenvalue weighted by atomic mass is 35.5. The third-order valence-corrected chi connectivity index (χ3v) is 4.00. The van der Waals surface area contributed by atoms with Crippen molar-refractivity contribution in [3.63, 3.8) is 0 Å². The first kappa shape index (κ1) is 14.9. The summed E-state index contributed by atoms with van der Waals surface area (Å²) in [6.45, 7) is 2.01. The van der Waals surface area contributed by atoms with E-state index in [1.54, 1.807) is 13.1 Å². The quantitative estimate of drug-likeness (QED) is 0.871. The monoisotopic (exact) mass is 313 g/mol. The van der Waals surface area contributed by atoms with Gasteiger partial charge in [-0.05, 0) is 30.1 Å². The van der Waals surface area contributed by atoms with Crippen molar-refractivity contribution in [1.29, 1.82) is 0 Å². The van der Waals surface area contributed by atoms with Gasteiger partial charge in [0, 0.05) is 17.6 Å². The van der Waals surface area contributed by atoms with Gasteiger partial charge in [-0.1, -0.05) is 29.1 Å². The van der Waals surface area contributed by atoms with Crippen LogP contribution in [0.2, 0.25) is 5.02 Å². The highest BCUT2D eigenvalue weighted by molar-refractivity contribution is 7.07. The fourth-order valence-electron chi connectivity index (χ4n) is 1.77. The minimum absolute atomic E-state index is 0.103. The van der Waals surface area contributed by atoms with E-state index in [-0.39, 0.29) is 12.5 Å². The number of carbonyl (C=O) groups is 1. The van der Waals surface area contributed by atoms with Gasteiger partial charge in [0.2, 0.25) is 0 Å². The molecule has 4 nitrogen and oxygen atoms in total. The summed E-state index contributed by atoms with van der Waals surface area (Å²) in [7, 11) is 1.60. The summed E-state index contributed by atoms with van der Waals surface area (Å²) in [6.07, 6.45) is 0.631. The molecule has 0 unspecified atom stereocenters. The average Bonchev–Trinajstić information content (AvgIpc) is 2.90. The predicted octanol–water partition coefficient (Wildman–Crippen LogP) is 3.17. The molecule has 7 heteroatoms. The molecule has 0 fully saturated rings. The molecule has 0 spiro atoms. The lowest BCUT2D eigenvalue weighted by Gasteiger charge is -2.17. The van der Waals surface area contributed by atoms with Crippen molar-refractivity contribution in [3.05, 3.63) is 45.2 Å². The van der Waals surface area contributed by atoms with Gasteiger partial charge in [-0.15, -0.1) is 5.10 Å². The first-order valence-corrected chi connectivity index (χ1v) is 7.19. The van der Waals surface area contributed by atoms with Gasteiger partial charge in [0.15, 0.2) is 0 Å². The topological polar surface area (TPSA) is 46.1 Å². The molecule has 0 atom stereocenters. The van der Waals surface area contributed by atoms with Crippen molar-refractivity contribution < 1.29 is 9.18 Å². The predicted molar refractivity (Wildman–Crippen MR) is 76.5 cm³/mol. The maximum Gasteiger partial charge on any atom is 0.267 e. The Labute approximate surface area is 125 Å². The summed E-state index contributed by atoms with van der Waals surface area (Å²) in [4.78, 5) is 14.2. The summed E-state index contributed by atoms with van der Waals surface area (Å²) in [5.74, 6) is -0.647. The van der Waals surface area contributed by atoms with E-state index in [1.165, 1.54) is 17.0 Å². The molecule has 1 amide bonds. The van der Waals surface area contributed by atoms with Gasteiger partial charge in [0.05, 0.1) is 12.2 Å². The van der Waals surface area contributed by atoms with Crippen LogP contribution >= 0.6 is 23.1 Å². The fraction of sp³-hybridized carbons (Fsp3) is 0.308. The van der Waals surface area contributed by atoms with E-state index >= 15 is 0 Å². The Bertz CT molecular complexity index is 612. The third-order valence-electron chi connectivity index (χ3n) is 2.89. The summed E-state index contributed by atoms with van der Waals surface area (Å²) in [5, 5.41) is 4.21. The van der Waals surface area contributed by atoms with Crippen LogP contribution in [0, 0.1) is 5.82 Å². The lowest BCUT2D eigenvalue weighted by molar-refractivity contribution is 0.0787. The maximum atomic E-state index is 13.7. The number of aromatic nitrogens is 2. The van der Waals surface area contributed by atoms with Gasteiger partial charge < -0.3 is 4.90 Å². The normalized spacial score (nSPS) is 10.6. The molecule has 0 N–H and O–H groups in total. The molecule has 106 valence electrons. The van der Waals surface area contributed by atoms with Gasteiger partial charge in [-0.2, -0.15) is 0 Å². The van der Waals surface area contributed by atoms with Crippen LogP contribution in [-0.4, -0.2) is 27.4 Å². The van der Waals surface area contributed by atoms with Crippen molar-refractivity contribution in [2.45, 2.75) is 19.9 Å². The van der Waals surface area contributed by atoms with E-state index < -0.39 is 5.82 Å². The standard InChI is InChI=1S/C13H13ClFN3OS/c1-3-11-12(20-17-16-11)13(19)18(2)7-8-9(14)5-4-6-10(8)15/h4-6H,3,7H2,1-2H3. The molecule has 20 heavy (non-hydrogen) atoms. The number of hydrogen-bond acceptors (Lipinski definition) is 4. The molecule has 1 aromatic carbocycles. The van der Waals surface area contributed by atoms with Crippen LogP contribution < -0.4 is 0 Å². The molecule has 0 radical (unpaired) electrons. The number of nitrogens with zero attached hydrogens (tertiary/aromatic N) is 3. The molecular weight excluding hydrogens is 301 g/mol. The maximum absolute atomic E-state index is 13.7. The Morgan fingerprint density at radius 3 is 2.90 bits per heavy atom. The Balaban J connectivity index is 2.20. The first-order chi connectivity index (χ1) is 9.54. The van der Waals surface area contributed by atoms with Gasteiger partial charge >= 0.3 is 0 Å². The Hall–Kier alpha value is -1.53. The van der Waals surface area contributed by atoms with Crippen molar-refractivity contribution in [3.8, 4) is 0 Å². The van der Waals surface area contributed by atoms with Gasteiger partial charge in [-0.25, -0.2) is 4.39 Å². The van der Waals surface area contributed by atoms with E-state index in [9.17, 15) is 9.18 Å². The second-order valence-corrected chi connectivity index (χ2v) is 5.43. The Morgan fingerprint density at radius 1 is 1.50 bits per heavy atom. The van der Waals surface area contributed by atoms with Gasteiger partial charge in [0.1, 0.15) is 10.7 Å². The van der Waals surface area contributed by atoms with Crippen molar-refractivity contribution in [1.82, 2.24) is 14.5 Å². The van der Waals surface area contributed by atoms with E-state index in [1.807, 2.05) is 6.92 Å². The molecule has 2 rings (SSSR count). The van der Waals surface area contributed by atoms with Crippen LogP contribution in [0.25, 0.3) is 0 Å². The first-order valence-electron chi connectivity index (χ1n) is 6.04. The SMILES string of the molecule is CCc1nnsc1C(=O)N(C)Cc1c(F)cccc1Cl. The number of amides is 1. The molecule has 0 aliphatic rings. The molecule has 0 aliphatic heterocycles. The molecule has 0 aliphatic carbocycles. The number of benzene rings is 1. The summed E-state index contributed by atoms with van der Waals surface area (Å²) >= 11 is 7.01. The lowest BCUT2D eigenvalue weighted by Crippen LogP contribution is -2.27. The van der Waals surface area contributed by atoms with Crippen LogP contribution in [0.3, 0.4) is 0 Å². The van der Waals surface area contributed by atoms with Crippen LogP contribution in [0.1, 0.15) is 27.9 Å². The second kappa shape index (κ2) is 6.28. The van der Waals surface area contributed by atoms with Gasteiger partial charge in [-0.3, -0.25) is 4.79 Å². The van der Waals surface area contributed by atoms with Crippen LogP contribution in [0.5, 0.6) is 0 Å². The largest absolute Gasteiger partial charge is 0.336 e. The highest BCUT2D eigenvalue weighted by Gasteiger charge is 2.20. The summed E-state index contributed by atoms with van der Waals surface area (Å²) in [5.41, 5.74) is 0.965. The lowest BCUT2D eigenvalue weighted by atomic mass is 10.2. The van der Waals surface area contributed by atoms with Crippen LogP contribution in [-0.2, 0) is 13.0 Å². The number of carbonyl (C=O) groups excluding carboxylic acids is 1. The van der Waals surface area contributed by atoms with Gasteiger partial charge in [0.25, 0.3) is 5.91 Å². The molecule has 0 saturated heterocycles. The molecular formula is C13H13ClFN3OS. The van der Waals surface area contributed by atoms with E-state index in [0.29, 0.717) is 27.6 Å². The van der Waals surface area contributed by atoms with Crippen molar-refractivity contribution in [2.24, 2.45) is 0 Å². The minimum atomic E-state index is -0.421. The Kier molecular flexibility index (Phi) is 4.67. The smallest absolute Gasteiger partial charge is 0.267 e. The van der Waals surface area contributed by atoms with E-state index in [0.717, 1.165) is 11.5 Å². The zero-order chi connectivity index (χ0) is 14.7. The van der Waals surface area contributed by atoms with Crippen LogP contribution in [0.15, 0.2) is 18.2 Å². The minimum Gasteiger partial charge on any atom is -0.336 e. The van der Waals surface area contributed by atoms with Crippen LogP contribution in [0.4, 0.5) is 4.39 Å². The third kappa shape index (κ3) is 2.96. The van der Waals surface area contributed by atoms with E-state index in [4.69, 9.17) is 11.6 Å². The Morgan fingerprint density at radius 2 is 2.25 bits per heavy atom. The number of aryl methyl sites for hydroxylation is 1. The molecule has 0 saturated carbocycles. The fourth-order valence-corrected chi connectivity index (χ4v) is 2.74. The highest BCUT2D eigenvalue weighted by Crippen LogP contribution is 2.22. The number of rotatable bonds is 4. The van der Waals surface area contributed by atoms with E-state index in [2.05, 4.69) is 9.59 Å². The second-order valence-electron chi connectivity index (χ2n) is 4.26. The number of halogens is 2. The molecule has 2 aromatic rings. The molecule has 1 aromatic heterocycles. The molecule has 1 heterocycles. The van der Waals surface area contributed by atoms with Crippen molar-refractivity contribution >= 4 is 29.0 Å². The average molecular weight is 314 g/mol. The number of hydrogen-bond donors (Lipinski definition) is 0. The zero-order valence-electron chi connectivity index (χ0n) is 11.1.